The Balaban J connectivity index is 2.23. The summed E-state index contributed by atoms with van der Waals surface area (Å²) in [7, 11) is 0. The number of hydrogen-bond donors (Lipinski definition) is 3. The number of amides is 2. The summed E-state index contributed by atoms with van der Waals surface area (Å²) in [5, 5.41) is 13.3. The fourth-order valence-corrected chi connectivity index (χ4v) is 4.17. The molecule has 204 valence electrons. The molecule has 0 fully saturated rings. The molecule has 2 aromatic rings. The molecule has 1 aromatic carbocycles. The largest absolute Gasteiger partial charge is 0.475 e. The zero-order valence-electron chi connectivity index (χ0n) is 23.3. The highest BCUT2D eigenvalue weighted by molar-refractivity contribution is 7.80. The van der Waals surface area contributed by atoms with E-state index >= 15 is 0 Å². The first-order valence-electron chi connectivity index (χ1n) is 12.7. The molecule has 0 saturated carbocycles. The van der Waals surface area contributed by atoms with Crippen LogP contribution in [0.25, 0.3) is 11.3 Å². The van der Waals surface area contributed by atoms with Crippen LogP contribution in [0, 0.1) is 19.3 Å². The quantitative estimate of drug-likeness (QED) is 0.366. The predicted molar refractivity (Wildman–Crippen MR) is 150 cm³/mol. The first-order chi connectivity index (χ1) is 17.4. The lowest BCUT2D eigenvalue weighted by atomic mass is 9.92. The van der Waals surface area contributed by atoms with Crippen LogP contribution in [-0.2, 0) is 16.0 Å². The molecule has 2 amide bonds. The van der Waals surface area contributed by atoms with Gasteiger partial charge in [0.25, 0.3) is 0 Å². The Kier molecular flexibility index (Phi) is 10.9. The van der Waals surface area contributed by atoms with Gasteiger partial charge in [0.15, 0.2) is 5.11 Å². The molecular weight excluding hydrogens is 490 g/mol. The van der Waals surface area contributed by atoms with Crippen molar-refractivity contribution >= 4 is 29.3 Å². The van der Waals surface area contributed by atoms with Crippen molar-refractivity contribution in [2.75, 3.05) is 26.2 Å². The number of nitrogens with one attached hydrogen (secondary N) is 3. The molecule has 0 aliphatic heterocycles. The van der Waals surface area contributed by atoms with Gasteiger partial charge in [0.1, 0.15) is 6.61 Å². The molecule has 0 radical (unpaired) electrons. The van der Waals surface area contributed by atoms with Gasteiger partial charge in [0, 0.05) is 30.8 Å². The van der Waals surface area contributed by atoms with Crippen LogP contribution in [-0.4, -0.2) is 64.6 Å². The second-order valence-electron chi connectivity index (χ2n) is 9.99. The lowest BCUT2D eigenvalue weighted by Crippen LogP contribution is -2.43. The van der Waals surface area contributed by atoms with Crippen molar-refractivity contribution in [3.8, 4) is 17.1 Å². The van der Waals surface area contributed by atoms with E-state index in [0.717, 1.165) is 27.9 Å². The van der Waals surface area contributed by atoms with E-state index in [4.69, 9.17) is 21.7 Å². The SMILES string of the molecule is CCN(CC)C(=O)C(C)(C)COc1n[nH]c(-c2cc(C)cc(C)c2)c1CCNC(=S)NC(=O)OC(C)C. The summed E-state index contributed by atoms with van der Waals surface area (Å²) in [5.41, 5.74) is 4.25. The number of alkyl carbamates (subject to hydrolysis) is 1. The second kappa shape index (κ2) is 13.4. The third-order valence-corrected chi connectivity index (χ3v) is 6.00. The minimum atomic E-state index is -0.719. The number of benzene rings is 1. The predicted octanol–water partition coefficient (Wildman–Crippen LogP) is 4.52. The van der Waals surface area contributed by atoms with E-state index < -0.39 is 11.5 Å². The smallest absolute Gasteiger partial charge is 0.413 e. The zero-order chi connectivity index (χ0) is 27.8. The van der Waals surface area contributed by atoms with Crippen molar-refractivity contribution in [1.29, 1.82) is 0 Å². The van der Waals surface area contributed by atoms with Crippen molar-refractivity contribution in [2.24, 2.45) is 5.41 Å². The number of nitrogens with zero attached hydrogens (tertiary/aromatic N) is 2. The van der Waals surface area contributed by atoms with Crippen molar-refractivity contribution in [2.45, 2.75) is 67.9 Å². The van der Waals surface area contributed by atoms with Gasteiger partial charge in [-0.1, -0.05) is 17.2 Å². The van der Waals surface area contributed by atoms with E-state index in [-0.39, 0.29) is 23.7 Å². The summed E-state index contributed by atoms with van der Waals surface area (Å²) >= 11 is 5.23. The number of aromatic nitrogens is 2. The van der Waals surface area contributed by atoms with Crippen LogP contribution in [0.2, 0.25) is 0 Å². The molecule has 37 heavy (non-hydrogen) atoms. The normalized spacial score (nSPS) is 11.3. The van der Waals surface area contributed by atoms with Gasteiger partial charge in [-0.15, -0.1) is 5.10 Å². The van der Waals surface area contributed by atoms with Gasteiger partial charge in [-0.3, -0.25) is 15.2 Å². The van der Waals surface area contributed by atoms with Gasteiger partial charge in [0.2, 0.25) is 11.8 Å². The summed E-state index contributed by atoms with van der Waals surface area (Å²) < 4.78 is 11.2. The molecule has 0 bridgehead atoms. The van der Waals surface area contributed by atoms with Crippen LogP contribution in [0.1, 0.15) is 58.2 Å². The Morgan fingerprint density at radius 1 is 1.14 bits per heavy atom. The number of carbonyl (C=O) groups is 2. The molecule has 0 saturated heterocycles. The molecule has 0 spiro atoms. The van der Waals surface area contributed by atoms with Crippen molar-refractivity contribution in [1.82, 2.24) is 25.7 Å². The molecule has 9 nitrogen and oxygen atoms in total. The Morgan fingerprint density at radius 3 is 2.32 bits per heavy atom. The molecule has 1 heterocycles. The number of H-pyrrole nitrogens is 1. The van der Waals surface area contributed by atoms with Gasteiger partial charge < -0.3 is 19.7 Å². The van der Waals surface area contributed by atoms with Gasteiger partial charge in [-0.25, -0.2) is 4.79 Å². The number of aryl methyl sites for hydroxylation is 2. The molecular formula is C27H41N5O4S. The van der Waals surface area contributed by atoms with E-state index in [1.165, 1.54) is 0 Å². The zero-order valence-corrected chi connectivity index (χ0v) is 24.1. The van der Waals surface area contributed by atoms with Gasteiger partial charge in [-0.05, 0) is 86.2 Å². The minimum absolute atomic E-state index is 0.0375. The van der Waals surface area contributed by atoms with Gasteiger partial charge >= 0.3 is 6.09 Å². The first-order valence-corrected chi connectivity index (χ1v) is 13.1. The maximum Gasteiger partial charge on any atom is 0.413 e. The second-order valence-corrected chi connectivity index (χ2v) is 10.4. The first kappa shape index (κ1) is 30.1. The molecule has 0 atom stereocenters. The summed E-state index contributed by atoms with van der Waals surface area (Å²) in [6.45, 7) is 17.2. The third-order valence-electron chi connectivity index (χ3n) is 5.76. The molecule has 0 aliphatic carbocycles. The average Bonchev–Trinajstić information content (AvgIpc) is 3.20. The van der Waals surface area contributed by atoms with E-state index in [1.54, 1.807) is 18.7 Å². The Morgan fingerprint density at radius 2 is 1.76 bits per heavy atom. The molecule has 2 rings (SSSR count). The van der Waals surface area contributed by atoms with Crippen molar-refractivity contribution in [3.63, 3.8) is 0 Å². The molecule has 0 unspecified atom stereocenters. The summed E-state index contributed by atoms with van der Waals surface area (Å²) in [4.78, 5) is 26.6. The molecule has 3 N–H and O–H groups in total. The lowest BCUT2D eigenvalue weighted by Gasteiger charge is -2.30. The van der Waals surface area contributed by atoms with Crippen molar-refractivity contribution in [3.05, 3.63) is 34.9 Å². The summed E-state index contributed by atoms with van der Waals surface area (Å²) in [6.07, 6.45) is -0.331. The topological polar surface area (TPSA) is 109 Å². The fraction of sp³-hybridized carbons (Fsp3) is 0.556. The maximum atomic E-state index is 13.0. The Labute approximate surface area is 225 Å². The summed E-state index contributed by atoms with van der Waals surface area (Å²) in [5.74, 6) is 0.477. The van der Waals surface area contributed by atoms with E-state index in [1.807, 2.05) is 41.5 Å². The Bertz CT molecular complexity index is 1070. The van der Waals surface area contributed by atoms with Crippen LogP contribution in [0.4, 0.5) is 4.79 Å². The number of hydrogen-bond acceptors (Lipinski definition) is 6. The van der Waals surface area contributed by atoms with E-state index in [9.17, 15) is 9.59 Å². The third kappa shape index (κ3) is 8.73. The van der Waals surface area contributed by atoms with E-state index in [2.05, 4.69) is 39.0 Å². The Hall–Kier alpha value is -3.14. The summed E-state index contributed by atoms with van der Waals surface area (Å²) in [6, 6.07) is 6.28. The minimum Gasteiger partial charge on any atom is -0.475 e. The van der Waals surface area contributed by atoms with Crippen LogP contribution >= 0.6 is 12.2 Å². The van der Waals surface area contributed by atoms with Crippen molar-refractivity contribution < 1.29 is 19.1 Å². The maximum absolute atomic E-state index is 13.0. The highest BCUT2D eigenvalue weighted by atomic mass is 32.1. The number of ether oxygens (including phenoxy) is 2. The molecule has 10 heteroatoms. The van der Waals surface area contributed by atoms with E-state index in [0.29, 0.717) is 31.9 Å². The highest BCUT2D eigenvalue weighted by Crippen LogP contribution is 2.31. The average molecular weight is 532 g/mol. The van der Waals surface area contributed by atoms with Crippen LogP contribution in [0.15, 0.2) is 18.2 Å². The molecule has 1 aromatic heterocycles. The lowest BCUT2D eigenvalue weighted by molar-refractivity contribution is -0.141. The number of thiocarbonyl (C=S) groups is 1. The number of carbonyl (C=O) groups excluding carboxylic acids is 2. The highest BCUT2D eigenvalue weighted by Gasteiger charge is 2.32. The van der Waals surface area contributed by atoms with Crippen LogP contribution in [0.5, 0.6) is 5.88 Å². The van der Waals surface area contributed by atoms with Crippen LogP contribution < -0.4 is 15.4 Å². The number of aromatic amines is 1. The molecule has 0 aliphatic rings. The van der Waals surface area contributed by atoms with Gasteiger partial charge in [0.05, 0.1) is 17.2 Å². The monoisotopic (exact) mass is 531 g/mol. The fourth-order valence-electron chi connectivity index (χ4n) is 3.99. The standard InChI is InChI=1S/C27H41N5O4S/c1-9-32(10-2)24(33)27(7,8)16-35-23-21(11-12-28-25(37)29-26(34)36-17(3)4)22(30-31-23)20-14-18(5)13-19(6)15-20/h13-15,17H,9-12,16H2,1-8H3,(H,30,31)(H2,28,29,34,37). The van der Waals surface area contributed by atoms with Gasteiger partial charge in [-0.2, -0.15) is 0 Å². The van der Waals surface area contributed by atoms with Crippen LogP contribution in [0.3, 0.4) is 0 Å². The number of rotatable bonds is 11.